The molecular weight excluding hydrogens is 356 g/mol. The maximum Gasteiger partial charge on any atom is 0.337 e. The molecule has 0 aliphatic carbocycles. The zero-order valence-electron chi connectivity index (χ0n) is 14.2. The van der Waals surface area contributed by atoms with Crippen LogP contribution in [0.2, 0.25) is 0 Å². The minimum absolute atomic E-state index is 0.0454. The number of esters is 1. The summed E-state index contributed by atoms with van der Waals surface area (Å²) in [5.74, 6) is 0.483. The van der Waals surface area contributed by atoms with Crippen LogP contribution >= 0.6 is 10.8 Å². The summed E-state index contributed by atoms with van der Waals surface area (Å²) in [5, 5.41) is 0. The van der Waals surface area contributed by atoms with Crippen molar-refractivity contribution >= 4 is 22.4 Å². The van der Waals surface area contributed by atoms with Crippen LogP contribution in [-0.4, -0.2) is 34.9 Å². The average Bonchev–Trinajstić information content (AvgIpc) is 3.09. The second-order valence-corrected chi connectivity index (χ2v) is 8.04. The number of nitrogens with one attached hydrogen (secondary N) is 1. The lowest BCUT2D eigenvalue weighted by Gasteiger charge is -2.46. The second kappa shape index (κ2) is 6.48. The van der Waals surface area contributed by atoms with E-state index in [2.05, 4.69) is 9.62 Å². The third-order valence-corrected chi connectivity index (χ3v) is 6.13. The number of carbonyl (C=O) groups excluding carboxylic acids is 1. The minimum Gasteiger partial charge on any atom is -0.465 e. The number of anilines is 1. The lowest BCUT2D eigenvalue weighted by Crippen LogP contribution is -2.46. The Morgan fingerprint density at radius 1 is 1.23 bits per heavy atom. The Bertz CT molecular complexity index is 857. The fourth-order valence-electron chi connectivity index (χ4n) is 3.39. The fraction of sp³-hybridized carbons (Fsp3) is 0.278. The van der Waals surface area contributed by atoms with E-state index in [1.165, 1.54) is 7.11 Å². The minimum atomic E-state index is -3.08. The van der Waals surface area contributed by atoms with Gasteiger partial charge in [0.25, 0.3) is 0 Å². The summed E-state index contributed by atoms with van der Waals surface area (Å²) in [6.45, 7) is 0.877. The van der Waals surface area contributed by atoms with Gasteiger partial charge in [0, 0.05) is 12.6 Å². The van der Waals surface area contributed by atoms with Crippen molar-refractivity contribution in [3.05, 3.63) is 48.0 Å². The molecule has 138 valence electrons. The zero-order valence-corrected chi connectivity index (χ0v) is 15.0. The molecule has 4 rings (SSSR count). The first-order valence-corrected chi connectivity index (χ1v) is 9.85. The highest BCUT2D eigenvalue weighted by atomic mass is 32.3. The highest BCUT2D eigenvalue weighted by Crippen LogP contribution is 2.55. The summed E-state index contributed by atoms with van der Waals surface area (Å²) in [4.78, 5) is 14.2. The topological polar surface area (TPSA) is 91.3 Å². The van der Waals surface area contributed by atoms with E-state index >= 15 is 0 Å². The maximum absolute atomic E-state index is 11.6. The van der Waals surface area contributed by atoms with Gasteiger partial charge in [-0.3, -0.25) is 9.11 Å². The van der Waals surface area contributed by atoms with Gasteiger partial charge in [-0.05, 0) is 43.2 Å². The molecule has 26 heavy (non-hydrogen) atoms. The van der Waals surface area contributed by atoms with Crippen LogP contribution in [0.15, 0.2) is 47.4 Å². The third-order valence-electron chi connectivity index (χ3n) is 4.59. The summed E-state index contributed by atoms with van der Waals surface area (Å²) in [7, 11) is -1.76. The quantitative estimate of drug-likeness (QED) is 0.702. The normalized spacial score (nSPS) is 21.5. The highest BCUT2D eigenvalue weighted by Gasteiger charge is 2.38. The first kappa shape index (κ1) is 17.2. The predicted molar refractivity (Wildman–Crippen MR) is 98.9 cm³/mol. The molecule has 0 amide bonds. The number of hydrogen-bond donors (Lipinski definition) is 3. The van der Waals surface area contributed by atoms with Crippen LogP contribution in [0.5, 0.6) is 11.5 Å². The van der Waals surface area contributed by atoms with Crippen LogP contribution < -0.4 is 14.4 Å². The molecule has 1 unspecified atom stereocenters. The Morgan fingerprint density at radius 2 is 2.04 bits per heavy atom. The smallest absolute Gasteiger partial charge is 0.337 e. The van der Waals surface area contributed by atoms with Gasteiger partial charge >= 0.3 is 5.97 Å². The number of benzene rings is 2. The number of nitrogens with zero attached hydrogens (tertiary/aromatic N) is 1. The highest BCUT2D eigenvalue weighted by molar-refractivity contribution is 8.22. The van der Waals surface area contributed by atoms with Gasteiger partial charge in [0.15, 0.2) is 0 Å². The first-order valence-electron chi connectivity index (χ1n) is 8.30. The monoisotopic (exact) mass is 376 g/mol. The molecule has 2 aromatic rings. The van der Waals surface area contributed by atoms with Gasteiger partial charge in [0.1, 0.15) is 16.4 Å². The Labute approximate surface area is 153 Å². The van der Waals surface area contributed by atoms with Crippen LogP contribution in [0.3, 0.4) is 0 Å². The van der Waals surface area contributed by atoms with Crippen molar-refractivity contribution in [1.82, 2.24) is 4.72 Å². The van der Waals surface area contributed by atoms with Crippen molar-refractivity contribution in [2.45, 2.75) is 23.9 Å². The maximum atomic E-state index is 11.6. The molecule has 0 saturated carbocycles. The molecule has 2 aliphatic rings. The van der Waals surface area contributed by atoms with Gasteiger partial charge in [-0.2, -0.15) is 4.72 Å². The average molecular weight is 376 g/mol. The van der Waals surface area contributed by atoms with Gasteiger partial charge in [0.2, 0.25) is 0 Å². The van der Waals surface area contributed by atoms with E-state index in [-0.39, 0.29) is 6.17 Å². The number of fused-ring (bicyclic) bond motifs is 3. The Hall–Kier alpha value is -2.26. The van der Waals surface area contributed by atoms with Crippen LogP contribution in [0.25, 0.3) is 0 Å². The van der Waals surface area contributed by atoms with Crippen molar-refractivity contribution < 1.29 is 23.4 Å². The third kappa shape index (κ3) is 3.01. The largest absolute Gasteiger partial charge is 0.465 e. The van der Waals surface area contributed by atoms with Gasteiger partial charge in [-0.1, -0.05) is 6.07 Å². The van der Waals surface area contributed by atoms with Crippen molar-refractivity contribution in [3.63, 3.8) is 0 Å². The summed E-state index contributed by atoms with van der Waals surface area (Å²) >= 11 is 0. The molecule has 0 bridgehead atoms. The number of carbonyl (C=O) groups is 1. The first-order chi connectivity index (χ1) is 12.5. The van der Waals surface area contributed by atoms with E-state index in [1.807, 2.05) is 6.07 Å². The summed E-state index contributed by atoms with van der Waals surface area (Å²) in [5.41, 5.74) is 1.20. The molecule has 8 heteroatoms. The Morgan fingerprint density at radius 3 is 2.85 bits per heavy atom. The number of rotatable bonds is 3. The molecule has 2 heterocycles. The van der Waals surface area contributed by atoms with Crippen molar-refractivity contribution in [1.29, 1.82) is 0 Å². The molecule has 1 saturated heterocycles. The molecule has 1 atom stereocenters. The Kier molecular flexibility index (Phi) is 4.28. The van der Waals surface area contributed by atoms with Crippen molar-refractivity contribution in [2.24, 2.45) is 0 Å². The molecule has 1 fully saturated rings. The van der Waals surface area contributed by atoms with E-state index in [0.29, 0.717) is 22.0 Å². The van der Waals surface area contributed by atoms with E-state index in [0.717, 1.165) is 25.1 Å². The van der Waals surface area contributed by atoms with E-state index < -0.39 is 16.7 Å². The van der Waals surface area contributed by atoms with Crippen LogP contribution in [0, 0.1) is 0 Å². The fourth-order valence-corrected chi connectivity index (χ4v) is 4.90. The van der Waals surface area contributed by atoms with Gasteiger partial charge < -0.3 is 14.4 Å². The Balaban J connectivity index is 1.65. The predicted octanol–water partition coefficient (Wildman–Crippen LogP) is 3.82. The summed E-state index contributed by atoms with van der Waals surface area (Å²) in [6.07, 6.45) is 1.84. The zero-order chi connectivity index (χ0) is 18.3. The molecule has 2 aromatic carbocycles. The summed E-state index contributed by atoms with van der Waals surface area (Å²) < 4.78 is 34.5. The van der Waals surface area contributed by atoms with Gasteiger partial charge in [0.05, 0.1) is 24.5 Å². The van der Waals surface area contributed by atoms with Crippen LogP contribution in [-0.2, 0) is 4.74 Å². The van der Waals surface area contributed by atoms with Crippen molar-refractivity contribution in [3.8, 4) is 11.5 Å². The second-order valence-electron chi connectivity index (χ2n) is 6.27. The molecular formula is C18H20N2O5S. The van der Waals surface area contributed by atoms with E-state index in [9.17, 15) is 13.9 Å². The number of hydrogen-bond acceptors (Lipinski definition) is 7. The van der Waals surface area contributed by atoms with E-state index in [1.54, 1.807) is 36.4 Å². The lowest BCUT2D eigenvalue weighted by molar-refractivity contribution is 0.0600. The number of ether oxygens (including phenoxy) is 2. The summed E-state index contributed by atoms with van der Waals surface area (Å²) in [6, 6.07) is 11.9. The van der Waals surface area contributed by atoms with Crippen LogP contribution in [0.4, 0.5) is 5.69 Å². The van der Waals surface area contributed by atoms with Gasteiger partial charge in [-0.15, -0.1) is 10.8 Å². The molecule has 0 radical (unpaired) electrons. The van der Waals surface area contributed by atoms with Crippen molar-refractivity contribution in [2.75, 3.05) is 18.6 Å². The number of methoxy groups -OCH3 is 1. The SMILES string of the molecule is COC(=O)c1cccc(Oc2ccc3c(c2)S(O)(O)NC2CCCN32)c1. The van der Waals surface area contributed by atoms with Gasteiger partial charge in [-0.25, -0.2) is 4.79 Å². The molecule has 0 aromatic heterocycles. The standard InChI is InChI=1S/C18H20N2O5S/c1-24-18(21)12-4-2-5-13(10-12)25-14-7-8-15-16(11-14)26(22,23)19-17-6-3-9-20(15)17/h2,4-5,7-8,10-11,17,19,22-23H,3,6,9H2,1H3. The molecule has 0 spiro atoms. The van der Waals surface area contributed by atoms with Crippen LogP contribution in [0.1, 0.15) is 23.2 Å². The van der Waals surface area contributed by atoms with E-state index in [4.69, 9.17) is 9.47 Å². The lowest BCUT2D eigenvalue weighted by atomic mass is 10.2. The molecule has 2 aliphatic heterocycles. The molecule has 7 nitrogen and oxygen atoms in total. The molecule has 3 N–H and O–H groups in total.